The van der Waals surface area contributed by atoms with Crippen molar-refractivity contribution in [2.24, 2.45) is 0 Å². The van der Waals surface area contributed by atoms with Gasteiger partial charge in [-0.2, -0.15) is 0 Å². The Morgan fingerprint density at radius 2 is 1.90 bits per heavy atom. The van der Waals surface area contributed by atoms with Gasteiger partial charge in [0.25, 0.3) is 0 Å². The van der Waals surface area contributed by atoms with Crippen molar-refractivity contribution in [2.75, 3.05) is 33.8 Å². The summed E-state index contributed by atoms with van der Waals surface area (Å²) in [6.07, 6.45) is 1.01. The zero-order chi connectivity index (χ0) is 15.9. The first-order chi connectivity index (χ1) is 9.84. The molecule has 0 fully saturated rings. The summed E-state index contributed by atoms with van der Waals surface area (Å²) in [5.41, 5.74) is 0.460. The van der Waals surface area contributed by atoms with E-state index in [1.54, 1.807) is 0 Å². The molecule has 2 N–H and O–H groups in total. The summed E-state index contributed by atoms with van der Waals surface area (Å²) in [5, 5.41) is 13.7. The highest BCUT2D eigenvalue weighted by atomic mass is 16.5. The van der Waals surface area contributed by atoms with Gasteiger partial charge in [-0.05, 0) is 52.1 Å². The number of hydrogen-bond acceptors (Lipinski definition) is 4. The minimum absolute atomic E-state index is 0.193. The lowest BCUT2D eigenvalue weighted by Crippen LogP contribution is -2.46. The highest BCUT2D eigenvalue weighted by Gasteiger charge is 2.22. The van der Waals surface area contributed by atoms with Crippen LogP contribution in [0.3, 0.4) is 0 Å². The first-order valence-electron chi connectivity index (χ1n) is 7.67. The number of nitrogens with one attached hydrogen (secondary N) is 1. The lowest BCUT2D eigenvalue weighted by Gasteiger charge is -2.29. The normalized spacial score (nSPS) is 15.8. The summed E-state index contributed by atoms with van der Waals surface area (Å²) < 4.78 is 5.58. The third-order valence-electron chi connectivity index (χ3n) is 3.30. The molecule has 0 saturated heterocycles. The average molecular weight is 294 g/mol. The van der Waals surface area contributed by atoms with Crippen molar-refractivity contribution in [1.82, 2.24) is 10.2 Å². The van der Waals surface area contributed by atoms with E-state index in [9.17, 15) is 5.11 Å². The van der Waals surface area contributed by atoms with Gasteiger partial charge in [0, 0.05) is 19.1 Å². The van der Waals surface area contributed by atoms with E-state index in [-0.39, 0.29) is 6.04 Å². The predicted molar refractivity (Wildman–Crippen MR) is 87.8 cm³/mol. The van der Waals surface area contributed by atoms with E-state index >= 15 is 0 Å². The Labute approximate surface area is 129 Å². The highest BCUT2D eigenvalue weighted by Crippen LogP contribution is 2.18. The Morgan fingerprint density at radius 3 is 2.43 bits per heavy atom. The van der Waals surface area contributed by atoms with Crippen molar-refractivity contribution in [3.05, 3.63) is 29.8 Å². The van der Waals surface area contributed by atoms with E-state index in [1.807, 2.05) is 38.1 Å². The molecule has 1 rings (SSSR count). The first-order valence-corrected chi connectivity index (χ1v) is 7.67. The number of aliphatic hydroxyl groups is 1. The molecule has 21 heavy (non-hydrogen) atoms. The highest BCUT2D eigenvalue weighted by molar-refractivity contribution is 5.28. The molecule has 1 aromatic carbocycles. The van der Waals surface area contributed by atoms with Crippen LogP contribution in [0.15, 0.2) is 24.3 Å². The van der Waals surface area contributed by atoms with Crippen LogP contribution in [-0.4, -0.2) is 49.4 Å². The molecule has 2 atom stereocenters. The Bertz CT molecular complexity index is 402. The number of benzene rings is 1. The van der Waals surface area contributed by atoms with E-state index in [0.717, 1.165) is 18.8 Å². The lowest BCUT2D eigenvalue weighted by molar-refractivity contribution is 0.0317. The standard InChI is InChI=1S/C17H30N2O2/c1-6-11-21-16-9-7-15(8-10-16)14(2)18-12-17(3,20)13-19(4)5/h7-10,14,18,20H,6,11-13H2,1-5H3. The van der Waals surface area contributed by atoms with Gasteiger partial charge < -0.3 is 20.1 Å². The van der Waals surface area contributed by atoms with Crippen molar-refractivity contribution >= 4 is 0 Å². The van der Waals surface area contributed by atoms with E-state index in [4.69, 9.17) is 4.74 Å². The quantitative estimate of drug-likeness (QED) is 0.734. The monoisotopic (exact) mass is 294 g/mol. The molecule has 120 valence electrons. The minimum atomic E-state index is -0.734. The van der Waals surface area contributed by atoms with Crippen LogP contribution < -0.4 is 10.1 Å². The van der Waals surface area contributed by atoms with Crippen LogP contribution in [-0.2, 0) is 0 Å². The van der Waals surface area contributed by atoms with Crippen molar-refractivity contribution in [1.29, 1.82) is 0 Å². The molecule has 0 aliphatic rings. The average Bonchev–Trinajstić information content (AvgIpc) is 2.42. The zero-order valence-electron chi connectivity index (χ0n) is 14.0. The molecule has 4 heteroatoms. The van der Waals surface area contributed by atoms with Crippen LogP contribution in [0.4, 0.5) is 0 Å². The fourth-order valence-electron chi connectivity index (χ4n) is 2.30. The maximum atomic E-state index is 10.3. The fourth-order valence-corrected chi connectivity index (χ4v) is 2.30. The summed E-state index contributed by atoms with van der Waals surface area (Å²) in [7, 11) is 3.93. The minimum Gasteiger partial charge on any atom is -0.494 e. The molecule has 0 spiro atoms. The van der Waals surface area contributed by atoms with Gasteiger partial charge in [0.1, 0.15) is 5.75 Å². The Kier molecular flexibility index (Phi) is 7.15. The van der Waals surface area contributed by atoms with Gasteiger partial charge in [-0.1, -0.05) is 19.1 Å². The van der Waals surface area contributed by atoms with Crippen LogP contribution in [0, 0.1) is 0 Å². The van der Waals surface area contributed by atoms with Crippen molar-refractivity contribution in [3.63, 3.8) is 0 Å². The second-order valence-corrected chi connectivity index (χ2v) is 6.25. The van der Waals surface area contributed by atoms with Gasteiger partial charge in [-0.25, -0.2) is 0 Å². The molecule has 2 unspecified atom stereocenters. The maximum absolute atomic E-state index is 10.3. The van der Waals surface area contributed by atoms with Crippen LogP contribution >= 0.6 is 0 Å². The summed E-state index contributed by atoms with van der Waals surface area (Å²) in [6, 6.07) is 8.34. The molecule has 0 aromatic heterocycles. The van der Waals surface area contributed by atoms with Crippen LogP contribution in [0.25, 0.3) is 0 Å². The van der Waals surface area contributed by atoms with E-state index in [1.165, 1.54) is 5.56 Å². The first kappa shape index (κ1) is 18.0. The molecule has 0 heterocycles. The van der Waals surface area contributed by atoms with Crippen LogP contribution in [0.2, 0.25) is 0 Å². The van der Waals surface area contributed by atoms with Gasteiger partial charge in [0.05, 0.1) is 12.2 Å². The van der Waals surface area contributed by atoms with E-state index in [2.05, 4.69) is 31.3 Å². The van der Waals surface area contributed by atoms with E-state index < -0.39 is 5.60 Å². The Balaban J connectivity index is 2.49. The topological polar surface area (TPSA) is 44.7 Å². The largest absolute Gasteiger partial charge is 0.494 e. The van der Waals surface area contributed by atoms with Gasteiger partial charge >= 0.3 is 0 Å². The number of hydrogen-bond donors (Lipinski definition) is 2. The van der Waals surface area contributed by atoms with Crippen molar-refractivity contribution in [3.8, 4) is 5.75 Å². The fraction of sp³-hybridized carbons (Fsp3) is 0.647. The number of rotatable bonds is 9. The second kappa shape index (κ2) is 8.37. The predicted octanol–water partition coefficient (Wildman–Crippen LogP) is 2.44. The van der Waals surface area contributed by atoms with Crippen LogP contribution in [0.5, 0.6) is 5.75 Å². The third-order valence-corrected chi connectivity index (χ3v) is 3.30. The summed E-state index contributed by atoms with van der Waals surface area (Å²) >= 11 is 0. The van der Waals surface area contributed by atoms with Gasteiger partial charge in [-0.3, -0.25) is 0 Å². The molecule has 0 amide bonds. The molecule has 0 aliphatic carbocycles. The summed E-state index contributed by atoms with van der Waals surface area (Å²) in [6.45, 7) is 8.00. The van der Waals surface area contributed by atoms with E-state index in [0.29, 0.717) is 13.1 Å². The molecule has 0 saturated carbocycles. The molecular formula is C17H30N2O2. The summed E-state index contributed by atoms with van der Waals surface area (Å²) in [4.78, 5) is 1.99. The van der Waals surface area contributed by atoms with Crippen molar-refractivity contribution < 1.29 is 9.84 Å². The molecule has 0 bridgehead atoms. The molecule has 4 nitrogen and oxygen atoms in total. The number of likely N-dealkylation sites (N-methyl/N-ethyl adjacent to an activating group) is 1. The molecule has 0 aliphatic heterocycles. The Hall–Kier alpha value is -1.10. The van der Waals surface area contributed by atoms with Gasteiger partial charge in [0.2, 0.25) is 0 Å². The smallest absolute Gasteiger partial charge is 0.119 e. The third kappa shape index (κ3) is 6.93. The van der Waals surface area contributed by atoms with Gasteiger partial charge in [0.15, 0.2) is 0 Å². The molecule has 1 aromatic rings. The summed E-state index contributed by atoms with van der Waals surface area (Å²) in [5.74, 6) is 0.910. The zero-order valence-corrected chi connectivity index (χ0v) is 14.0. The lowest BCUT2D eigenvalue weighted by atomic mass is 10.0. The van der Waals surface area contributed by atoms with Crippen LogP contribution in [0.1, 0.15) is 38.8 Å². The second-order valence-electron chi connectivity index (χ2n) is 6.25. The molecular weight excluding hydrogens is 264 g/mol. The SMILES string of the molecule is CCCOc1ccc(C(C)NCC(C)(O)CN(C)C)cc1. The maximum Gasteiger partial charge on any atom is 0.119 e. The number of ether oxygens (including phenoxy) is 1. The van der Waals surface area contributed by atoms with Gasteiger partial charge in [-0.15, -0.1) is 0 Å². The molecule has 0 radical (unpaired) electrons. The Morgan fingerprint density at radius 1 is 1.29 bits per heavy atom. The van der Waals surface area contributed by atoms with Crippen molar-refractivity contribution in [2.45, 2.75) is 38.8 Å². The number of nitrogens with zero attached hydrogens (tertiary/aromatic N) is 1.